The number of sulfonamides is 1. The molecule has 0 aromatic heterocycles. The van der Waals surface area contributed by atoms with Crippen molar-refractivity contribution in [3.63, 3.8) is 0 Å². The molecule has 0 radical (unpaired) electrons. The third kappa shape index (κ3) is 9.36. The summed E-state index contributed by atoms with van der Waals surface area (Å²) < 4.78 is 64.8. The Balaban J connectivity index is 0.000000532. The lowest BCUT2D eigenvalue weighted by Crippen LogP contribution is -2.42. The van der Waals surface area contributed by atoms with E-state index in [1.807, 2.05) is 18.2 Å². The second kappa shape index (κ2) is 13.6. The number of carbonyl (C=O) groups is 1. The van der Waals surface area contributed by atoms with Gasteiger partial charge in [-0.3, -0.25) is 4.90 Å². The van der Waals surface area contributed by atoms with Gasteiger partial charge in [0, 0.05) is 39.3 Å². The van der Waals surface area contributed by atoms with Crippen LogP contribution < -0.4 is 14.8 Å². The van der Waals surface area contributed by atoms with Crippen molar-refractivity contribution >= 4 is 16.0 Å². The van der Waals surface area contributed by atoms with E-state index in [0.29, 0.717) is 5.75 Å². The Bertz CT molecular complexity index is 1340. The summed E-state index contributed by atoms with van der Waals surface area (Å²) in [4.78, 5) is 11.6. The molecule has 1 aliphatic heterocycles. The Morgan fingerprint density at radius 2 is 1.51 bits per heavy atom. The van der Waals surface area contributed by atoms with E-state index in [0.717, 1.165) is 49.4 Å². The second-order valence-electron chi connectivity index (χ2n) is 8.73. The summed E-state index contributed by atoms with van der Waals surface area (Å²) in [7, 11) is -2.05. The highest BCUT2D eigenvalue weighted by molar-refractivity contribution is 7.89. The first-order chi connectivity index (χ1) is 18.5. The molecule has 3 aromatic rings. The van der Waals surface area contributed by atoms with Gasteiger partial charge in [-0.1, -0.05) is 36.4 Å². The van der Waals surface area contributed by atoms with Gasteiger partial charge < -0.3 is 15.2 Å². The highest BCUT2D eigenvalue weighted by Gasteiger charge is 2.38. The van der Waals surface area contributed by atoms with Crippen molar-refractivity contribution in [2.24, 2.45) is 0 Å². The van der Waals surface area contributed by atoms with Gasteiger partial charge in [-0.2, -0.15) is 13.2 Å². The fourth-order valence-electron chi connectivity index (χ4n) is 3.85. The molecule has 0 aliphatic carbocycles. The number of nitrogens with one attached hydrogen (secondary N) is 2. The number of hydrogen-bond acceptors (Lipinski definition) is 6. The number of halogens is 3. The summed E-state index contributed by atoms with van der Waals surface area (Å²) in [5, 5.41) is 10.5. The van der Waals surface area contributed by atoms with Crippen LogP contribution in [-0.2, 0) is 27.9 Å². The minimum absolute atomic E-state index is 0.218. The first-order valence-corrected chi connectivity index (χ1v) is 13.5. The zero-order valence-corrected chi connectivity index (χ0v) is 22.1. The van der Waals surface area contributed by atoms with E-state index in [-0.39, 0.29) is 11.4 Å². The minimum atomic E-state index is -5.08. The Morgan fingerprint density at radius 1 is 0.974 bits per heavy atom. The van der Waals surface area contributed by atoms with Gasteiger partial charge in [0.25, 0.3) is 0 Å². The number of hydrogen-bond donors (Lipinski definition) is 3. The fourth-order valence-corrected chi connectivity index (χ4v) is 4.87. The SMILES string of the molecule is COc1ccc(S(=O)(=O)NCc2cccc(-c3cccc(CN4CCNCC4)c3)c2)cc1.O=C(O)C(F)(F)F. The second-order valence-corrected chi connectivity index (χ2v) is 10.5. The van der Waals surface area contributed by atoms with Crippen LogP contribution in [0.3, 0.4) is 0 Å². The highest BCUT2D eigenvalue weighted by atomic mass is 32.2. The molecule has 1 heterocycles. The van der Waals surface area contributed by atoms with Crippen molar-refractivity contribution in [3.05, 3.63) is 83.9 Å². The number of rotatable bonds is 8. The van der Waals surface area contributed by atoms with Crippen LogP contribution in [0.2, 0.25) is 0 Å². The van der Waals surface area contributed by atoms with Crippen LogP contribution in [0.25, 0.3) is 11.1 Å². The Kier molecular flexibility index (Phi) is 10.5. The van der Waals surface area contributed by atoms with Gasteiger partial charge in [0.1, 0.15) is 5.75 Å². The number of alkyl halides is 3. The van der Waals surface area contributed by atoms with E-state index in [1.165, 1.54) is 5.56 Å². The molecule has 0 bridgehead atoms. The molecule has 0 atom stereocenters. The maximum Gasteiger partial charge on any atom is 0.490 e. The van der Waals surface area contributed by atoms with E-state index in [2.05, 4.69) is 45.3 Å². The topological polar surface area (TPSA) is 108 Å². The van der Waals surface area contributed by atoms with Crippen molar-refractivity contribution in [2.45, 2.75) is 24.2 Å². The molecule has 39 heavy (non-hydrogen) atoms. The Morgan fingerprint density at radius 3 is 2.05 bits per heavy atom. The fraction of sp³-hybridized carbons (Fsp3) is 0.296. The van der Waals surface area contributed by atoms with Gasteiger partial charge in [0.15, 0.2) is 0 Å². The quantitative estimate of drug-likeness (QED) is 0.381. The van der Waals surface area contributed by atoms with Crippen LogP contribution in [0, 0.1) is 0 Å². The van der Waals surface area contributed by atoms with Gasteiger partial charge >= 0.3 is 12.1 Å². The van der Waals surface area contributed by atoms with Gasteiger partial charge in [-0.05, 0) is 58.7 Å². The number of methoxy groups -OCH3 is 1. The van der Waals surface area contributed by atoms with Crippen molar-refractivity contribution in [1.29, 1.82) is 0 Å². The third-order valence-electron chi connectivity index (χ3n) is 5.88. The molecule has 12 heteroatoms. The van der Waals surface area contributed by atoms with Gasteiger partial charge in [-0.25, -0.2) is 17.9 Å². The van der Waals surface area contributed by atoms with E-state index in [4.69, 9.17) is 14.6 Å². The zero-order chi connectivity index (χ0) is 28.5. The molecule has 210 valence electrons. The van der Waals surface area contributed by atoms with Crippen molar-refractivity contribution in [1.82, 2.24) is 14.9 Å². The van der Waals surface area contributed by atoms with E-state index >= 15 is 0 Å². The predicted molar refractivity (Wildman–Crippen MR) is 141 cm³/mol. The molecule has 3 N–H and O–H groups in total. The number of piperazine rings is 1. The summed E-state index contributed by atoms with van der Waals surface area (Å²) in [6.45, 7) is 5.37. The van der Waals surface area contributed by atoms with Crippen LogP contribution in [-0.4, -0.2) is 63.9 Å². The van der Waals surface area contributed by atoms with E-state index < -0.39 is 22.2 Å². The highest BCUT2D eigenvalue weighted by Crippen LogP contribution is 2.23. The smallest absolute Gasteiger partial charge is 0.490 e. The van der Waals surface area contributed by atoms with Gasteiger partial charge in [0.05, 0.1) is 12.0 Å². The molecule has 8 nitrogen and oxygen atoms in total. The van der Waals surface area contributed by atoms with Crippen LogP contribution in [0.5, 0.6) is 5.75 Å². The summed E-state index contributed by atoms with van der Waals surface area (Å²) in [6, 6.07) is 23.0. The van der Waals surface area contributed by atoms with Crippen LogP contribution in [0.1, 0.15) is 11.1 Å². The first kappa shape index (κ1) is 30.1. The number of ether oxygens (including phenoxy) is 1. The van der Waals surface area contributed by atoms with Crippen LogP contribution in [0.4, 0.5) is 13.2 Å². The number of aliphatic carboxylic acids is 1. The molecule has 0 spiro atoms. The first-order valence-electron chi connectivity index (χ1n) is 12.0. The molecule has 3 aromatic carbocycles. The lowest BCUT2D eigenvalue weighted by Gasteiger charge is -2.27. The average Bonchev–Trinajstić information content (AvgIpc) is 2.93. The maximum absolute atomic E-state index is 12.6. The number of benzene rings is 3. The third-order valence-corrected chi connectivity index (χ3v) is 7.30. The average molecular weight is 566 g/mol. The molecular weight excluding hydrogens is 535 g/mol. The van der Waals surface area contributed by atoms with E-state index in [9.17, 15) is 21.6 Å². The lowest BCUT2D eigenvalue weighted by molar-refractivity contribution is -0.192. The minimum Gasteiger partial charge on any atom is -0.497 e. The molecule has 0 saturated carbocycles. The normalized spacial score (nSPS) is 14.3. The van der Waals surface area contributed by atoms with Gasteiger partial charge in [-0.15, -0.1) is 0 Å². The molecule has 0 amide bonds. The van der Waals surface area contributed by atoms with Gasteiger partial charge in [0.2, 0.25) is 10.0 Å². The number of carboxylic acid groups (broad SMARTS) is 1. The largest absolute Gasteiger partial charge is 0.497 e. The molecule has 0 unspecified atom stereocenters. The van der Waals surface area contributed by atoms with E-state index in [1.54, 1.807) is 31.4 Å². The lowest BCUT2D eigenvalue weighted by atomic mass is 10.0. The number of carboxylic acids is 1. The maximum atomic E-state index is 12.6. The number of nitrogens with zero attached hydrogens (tertiary/aromatic N) is 1. The summed E-state index contributed by atoms with van der Waals surface area (Å²) in [5.74, 6) is -2.14. The summed E-state index contributed by atoms with van der Waals surface area (Å²) >= 11 is 0. The van der Waals surface area contributed by atoms with Crippen LogP contribution in [0.15, 0.2) is 77.7 Å². The zero-order valence-electron chi connectivity index (χ0n) is 21.2. The standard InChI is InChI=1S/C25H29N3O3S.C2HF3O2/c1-31-24-8-10-25(11-9-24)32(29,30)27-18-20-4-2-6-22(16-20)23-7-3-5-21(17-23)19-28-14-12-26-13-15-28;3-2(4,5)1(6)7/h2-11,16-17,26-27H,12-15,18-19H2,1H3;(H,6,7). The Hall–Kier alpha value is -3.45. The van der Waals surface area contributed by atoms with Crippen molar-refractivity contribution < 1.29 is 36.2 Å². The monoisotopic (exact) mass is 565 g/mol. The van der Waals surface area contributed by atoms with Crippen molar-refractivity contribution in [2.75, 3.05) is 33.3 Å². The summed E-state index contributed by atoms with van der Waals surface area (Å²) in [6.07, 6.45) is -5.08. The van der Waals surface area contributed by atoms with Crippen molar-refractivity contribution in [3.8, 4) is 16.9 Å². The molecule has 1 aliphatic rings. The molecule has 1 saturated heterocycles. The summed E-state index contributed by atoms with van der Waals surface area (Å²) in [5.41, 5.74) is 4.41. The Labute approximate surface area is 225 Å². The van der Waals surface area contributed by atoms with Crippen LogP contribution >= 0.6 is 0 Å². The molecular formula is C27H30F3N3O5S. The molecule has 1 fully saturated rings. The molecule has 4 rings (SSSR count). The predicted octanol–water partition coefficient (Wildman–Crippen LogP) is 3.88.